The minimum Gasteiger partial charge on any atom is -0.399 e. The van der Waals surface area contributed by atoms with Gasteiger partial charge in [0.25, 0.3) is 0 Å². The van der Waals surface area contributed by atoms with E-state index in [0.29, 0.717) is 5.92 Å². The molecule has 4 nitrogen and oxygen atoms in total. The molecular formula is C17H27N3O. The fraction of sp³-hybridized carbons (Fsp3) is 0.588. The van der Waals surface area contributed by atoms with Gasteiger partial charge in [-0.3, -0.25) is 0 Å². The Kier molecular flexibility index (Phi) is 5.62. The molecule has 1 heterocycles. The molecule has 0 saturated carbocycles. The van der Waals surface area contributed by atoms with Crippen LogP contribution in [0.4, 0.5) is 5.69 Å². The molecule has 2 aromatic rings. The number of ether oxygens (including phenoxy) is 1. The third kappa shape index (κ3) is 4.21. The molecule has 0 aliphatic heterocycles. The van der Waals surface area contributed by atoms with E-state index in [2.05, 4.69) is 31.4 Å². The lowest BCUT2D eigenvalue weighted by molar-refractivity contribution is 0.105. The van der Waals surface area contributed by atoms with E-state index >= 15 is 0 Å². The number of nitrogens with zero attached hydrogens (tertiary/aromatic N) is 2. The van der Waals surface area contributed by atoms with Crippen molar-refractivity contribution in [2.45, 2.75) is 46.6 Å². The number of imidazole rings is 1. The zero-order valence-corrected chi connectivity index (χ0v) is 13.4. The molecule has 4 heteroatoms. The Bertz CT molecular complexity index is 575. The summed E-state index contributed by atoms with van der Waals surface area (Å²) in [7, 11) is 0. The molecule has 0 unspecified atom stereocenters. The molecule has 0 spiro atoms. The van der Waals surface area contributed by atoms with Crippen LogP contribution in [0.1, 0.15) is 39.4 Å². The average molecular weight is 289 g/mol. The lowest BCUT2D eigenvalue weighted by Crippen LogP contribution is -2.08. The Labute approximate surface area is 127 Å². The summed E-state index contributed by atoms with van der Waals surface area (Å²) in [5.74, 6) is 1.75. The maximum absolute atomic E-state index is 5.86. The summed E-state index contributed by atoms with van der Waals surface area (Å²) in [6, 6.07) is 5.98. The molecule has 0 fully saturated rings. The normalized spacial score (nSPS) is 11.6. The number of anilines is 1. The zero-order chi connectivity index (χ0) is 15.2. The van der Waals surface area contributed by atoms with Gasteiger partial charge in [-0.05, 0) is 37.0 Å². The van der Waals surface area contributed by atoms with E-state index < -0.39 is 0 Å². The van der Waals surface area contributed by atoms with E-state index in [9.17, 15) is 0 Å². The van der Waals surface area contributed by atoms with E-state index in [1.807, 2.05) is 12.1 Å². The predicted octanol–water partition coefficient (Wildman–Crippen LogP) is 3.63. The summed E-state index contributed by atoms with van der Waals surface area (Å²) in [6.07, 6.45) is 3.11. The van der Waals surface area contributed by atoms with Crippen LogP contribution in [-0.4, -0.2) is 22.8 Å². The highest BCUT2D eigenvalue weighted by Crippen LogP contribution is 2.20. The number of hydrogen-bond acceptors (Lipinski definition) is 3. The van der Waals surface area contributed by atoms with E-state index in [4.69, 9.17) is 15.5 Å². The van der Waals surface area contributed by atoms with E-state index in [1.165, 1.54) is 5.52 Å². The smallest absolute Gasteiger partial charge is 0.109 e. The van der Waals surface area contributed by atoms with Crippen molar-refractivity contribution in [3.05, 3.63) is 24.0 Å². The fourth-order valence-corrected chi connectivity index (χ4v) is 2.50. The largest absolute Gasteiger partial charge is 0.399 e. The monoisotopic (exact) mass is 289 g/mol. The highest BCUT2D eigenvalue weighted by atomic mass is 16.5. The molecule has 0 saturated heterocycles. The Balaban J connectivity index is 2.07. The molecule has 1 aromatic carbocycles. The molecule has 0 radical (unpaired) electrons. The van der Waals surface area contributed by atoms with Crippen molar-refractivity contribution in [3.8, 4) is 0 Å². The van der Waals surface area contributed by atoms with E-state index in [-0.39, 0.29) is 0 Å². The number of benzene rings is 1. The second kappa shape index (κ2) is 7.46. The summed E-state index contributed by atoms with van der Waals surface area (Å²) < 4.78 is 7.99. The summed E-state index contributed by atoms with van der Waals surface area (Å²) in [4.78, 5) is 4.73. The number of fused-ring (bicyclic) bond motifs is 1. The van der Waals surface area contributed by atoms with Crippen molar-refractivity contribution in [2.24, 2.45) is 5.92 Å². The highest BCUT2D eigenvalue weighted by molar-refractivity contribution is 5.79. The Morgan fingerprint density at radius 3 is 2.86 bits per heavy atom. The van der Waals surface area contributed by atoms with Crippen LogP contribution in [0.25, 0.3) is 11.0 Å². The van der Waals surface area contributed by atoms with Gasteiger partial charge in [-0.1, -0.05) is 20.8 Å². The van der Waals surface area contributed by atoms with Crippen molar-refractivity contribution >= 4 is 16.7 Å². The van der Waals surface area contributed by atoms with Crippen LogP contribution in [0, 0.1) is 5.92 Å². The van der Waals surface area contributed by atoms with Crippen LogP contribution in [0.3, 0.4) is 0 Å². The Morgan fingerprint density at radius 1 is 1.33 bits per heavy atom. The van der Waals surface area contributed by atoms with Gasteiger partial charge in [-0.15, -0.1) is 0 Å². The summed E-state index contributed by atoms with van der Waals surface area (Å²) >= 11 is 0. The zero-order valence-electron chi connectivity index (χ0n) is 13.4. The molecule has 0 atom stereocenters. The SMILES string of the molecule is CCCc1nc2cc(N)ccc2n1CCCOCC(C)C. The maximum atomic E-state index is 5.86. The Hall–Kier alpha value is -1.55. The standard InChI is InChI=1S/C17H27N3O/c1-4-6-17-19-15-11-14(18)7-8-16(15)20(17)9-5-10-21-12-13(2)3/h7-8,11,13H,4-6,9-10,12,18H2,1-3H3. The lowest BCUT2D eigenvalue weighted by Gasteiger charge is -2.10. The van der Waals surface area contributed by atoms with Gasteiger partial charge < -0.3 is 15.0 Å². The van der Waals surface area contributed by atoms with Gasteiger partial charge in [-0.2, -0.15) is 0 Å². The molecule has 0 aliphatic rings. The first kappa shape index (κ1) is 15.8. The number of aromatic nitrogens is 2. The summed E-state index contributed by atoms with van der Waals surface area (Å²) in [5, 5.41) is 0. The highest BCUT2D eigenvalue weighted by Gasteiger charge is 2.10. The molecule has 2 N–H and O–H groups in total. The van der Waals surface area contributed by atoms with Crippen LogP contribution < -0.4 is 5.73 Å². The molecule has 116 valence electrons. The van der Waals surface area contributed by atoms with Crippen molar-refractivity contribution in [2.75, 3.05) is 18.9 Å². The quantitative estimate of drug-likeness (QED) is 0.596. The molecule has 1 aromatic heterocycles. The van der Waals surface area contributed by atoms with Crippen LogP contribution in [0.5, 0.6) is 0 Å². The minimum atomic E-state index is 0.595. The number of aryl methyl sites for hydroxylation is 2. The van der Waals surface area contributed by atoms with Crippen molar-refractivity contribution < 1.29 is 4.74 Å². The first-order valence-corrected chi connectivity index (χ1v) is 7.94. The summed E-state index contributed by atoms with van der Waals surface area (Å²) in [6.45, 7) is 9.12. The van der Waals surface area contributed by atoms with E-state index in [0.717, 1.165) is 56.0 Å². The second-order valence-electron chi connectivity index (χ2n) is 6.00. The van der Waals surface area contributed by atoms with Crippen molar-refractivity contribution in [1.82, 2.24) is 9.55 Å². The molecule has 0 bridgehead atoms. The van der Waals surface area contributed by atoms with Gasteiger partial charge in [0.2, 0.25) is 0 Å². The van der Waals surface area contributed by atoms with Crippen LogP contribution in [0.2, 0.25) is 0 Å². The average Bonchev–Trinajstić information content (AvgIpc) is 2.75. The third-order valence-electron chi connectivity index (χ3n) is 3.45. The maximum Gasteiger partial charge on any atom is 0.109 e. The van der Waals surface area contributed by atoms with Gasteiger partial charge in [-0.25, -0.2) is 4.98 Å². The molecule has 0 aliphatic carbocycles. The molecule has 0 amide bonds. The topological polar surface area (TPSA) is 53.1 Å². The van der Waals surface area contributed by atoms with Crippen molar-refractivity contribution in [3.63, 3.8) is 0 Å². The summed E-state index contributed by atoms with van der Waals surface area (Å²) in [5.41, 5.74) is 8.81. The van der Waals surface area contributed by atoms with Crippen LogP contribution in [0.15, 0.2) is 18.2 Å². The van der Waals surface area contributed by atoms with Gasteiger partial charge >= 0.3 is 0 Å². The van der Waals surface area contributed by atoms with E-state index in [1.54, 1.807) is 0 Å². The first-order chi connectivity index (χ1) is 10.1. The van der Waals surface area contributed by atoms with Gasteiger partial charge in [0.05, 0.1) is 11.0 Å². The van der Waals surface area contributed by atoms with Gasteiger partial charge in [0, 0.05) is 31.9 Å². The predicted molar refractivity (Wildman–Crippen MR) is 88.4 cm³/mol. The Morgan fingerprint density at radius 2 is 2.14 bits per heavy atom. The lowest BCUT2D eigenvalue weighted by atomic mass is 10.2. The van der Waals surface area contributed by atoms with Crippen LogP contribution in [-0.2, 0) is 17.7 Å². The number of rotatable bonds is 8. The molecule has 2 rings (SSSR count). The minimum absolute atomic E-state index is 0.595. The van der Waals surface area contributed by atoms with Gasteiger partial charge in [0.15, 0.2) is 0 Å². The number of hydrogen-bond donors (Lipinski definition) is 1. The molecule has 21 heavy (non-hydrogen) atoms. The number of nitrogen functional groups attached to an aromatic ring is 1. The number of nitrogens with two attached hydrogens (primary N) is 1. The van der Waals surface area contributed by atoms with Crippen molar-refractivity contribution in [1.29, 1.82) is 0 Å². The molecular weight excluding hydrogens is 262 g/mol. The fourth-order valence-electron chi connectivity index (χ4n) is 2.50. The third-order valence-corrected chi connectivity index (χ3v) is 3.45. The second-order valence-corrected chi connectivity index (χ2v) is 6.00. The first-order valence-electron chi connectivity index (χ1n) is 7.94. The van der Waals surface area contributed by atoms with Crippen LogP contribution >= 0.6 is 0 Å². The van der Waals surface area contributed by atoms with Gasteiger partial charge in [0.1, 0.15) is 5.82 Å².